The van der Waals surface area contributed by atoms with E-state index in [1.807, 2.05) is 45.0 Å². The van der Waals surface area contributed by atoms with Crippen LogP contribution in [0.25, 0.3) is 0 Å². The smallest absolute Gasteiger partial charge is 0.329 e. The van der Waals surface area contributed by atoms with Gasteiger partial charge in [0.15, 0.2) is 6.61 Å². The highest BCUT2D eigenvalue weighted by molar-refractivity contribution is 5.97. The molecule has 3 rings (SSSR count). The van der Waals surface area contributed by atoms with Gasteiger partial charge >= 0.3 is 5.97 Å². The lowest BCUT2D eigenvalue weighted by Gasteiger charge is -2.21. The van der Waals surface area contributed by atoms with Crippen LogP contribution < -0.4 is 10.6 Å². The summed E-state index contributed by atoms with van der Waals surface area (Å²) < 4.78 is 5.21. The normalized spacial score (nSPS) is 15.1. The molecule has 2 aromatic rings. The van der Waals surface area contributed by atoms with Gasteiger partial charge in [0.2, 0.25) is 0 Å². The molecule has 1 aliphatic rings. The molecule has 6 heteroatoms. The third-order valence-electron chi connectivity index (χ3n) is 5.70. The van der Waals surface area contributed by atoms with E-state index in [9.17, 15) is 14.4 Å². The van der Waals surface area contributed by atoms with Gasteiger partial charge in [-0.15, -0.1) is 0 Å². The van der Waals surface area contributed by atoms with Crippen molar-refractivity contribution in [3.63, 3.8) is 0 Å². The SMILES string of the molecule is Cc1cccc(C(=O)N[C@H](C(=O)OCC(=O)NCC2(c3ccccc3)CC2)C(C)C)c1. The summed E-state index contributed by atoms with van der Waals surface area (Å²) in [6, 6.07) is 16.4. The zero-order chi connectivity index (χ0) is 22.4. The fourth-order valence-corrected chi connectivity index (χ4v) is 3.56. The zero-order valence-electron chi connectivity index (χ0n) is 18.3. The molecular weight excluding hydrogens is 392 g/mol. The molecule has 0 heterocycles. The predicted octanol–water partition coefficient (Wildman–Crippen LogP) is 3.14. The van der Waals surface area contributed by atoms with Crippen molar-refractivity contribution in [2.45, 2.75) is 45.1 Å². The summed E-state index contributed by atoms with van der Waals surface area (Å²) in [5.41, 5.74) is 2.64. The Morgan fingerprint density at radius 3 is 2.35 bits per heavy atom. The molecule has 31 heavy (non-hydrogen) atoms. The Labute approximate surface area is 183 Å². The first kappa shape index (κ1) is 22.5. The Balaban J connectivity index is 1.49. The van der Waals surface area contributed by atoms with Crippen molar-refractivity contribution in [3.8, 4) is 0 Å². The van der Waals surface area contributed by atoms with Gasteiger partial charge in [-0.3, -0.25) is 9.59 Å². The average molecular weight is 423 g/mol. The summed E-state index contributed by atoms with van der Waals surface area (Å²) in [5, 5.41) is 5.60. The van der Waals surface area contributed by atoms with E-state index >= 15 is 0 Å². The quantitative estimate of drug-likeness (QED) is 0.608. The van der Waals surface area contributed by atoms with Crippen LogP contribution in [0.2, 0.25) is 0 Å². The molecule has 2 N–H and O–H groups in total. The van der Waals surface area contributed by atoms with Crippen LogP contribution in [0.1, 0.15) is 48.2 Å². The molecule has 1 saturated carbocycles. The van der Waals surface area contributed by atoms with Crippen LogP contribution in [0.5, 0.6) is 0 Å². The topological polar surface area (TPSA) is 84.5 Å². The minimum Gasteiger partial charge on any atom is -0.454 e. The van der Waals surface area contributed by atoms with Crippen LogP contribution in [-0.4, -0.2) is 37.0 Å². The molecule has 6 nitrogen and oxygen atoms in total. The lowest BCUT2D eigenvalue weighted by Crippen LogP contribution is -2.46. The number of hydrogen-bond donors (Lipinski definition) is 2. The molecule has 164 valence electrons. The molecule has 0 aliphatic heterocycles. The second-order valence-corrected chi connectivity index (χ2v) is 8.60. The van der Waals surface area contributed by atoms with Crippen molar-refractivity contribution in [1.82, 2.24) is 10.6 Å². The van der Waals surface area contributed by atoms with E-state index in [2.05, 4.69) is 22.8 Å². The molecule has 2 aromatic carbocycles. The zero-order valence-corrected chi connectivity index (χ0v) is 18.3. The molecule has 2 amide bonds. The van der Waals surface area contributed by atoms with E-state index in [4.69, 9.17) is 4.74 Å². The van der Waals surface area contributed by atoms with Gasteiger partial charge in [-0.25, -0.2) is 4.79 Å². The Kier molecular flexibility index (Phi) is 7.10. The second-order valence-electron chi connectivity index (χ2n) is 8.60. The van der Waals surface area contributed by atoms with E-state index in [1.54, 1.807) is 18.2 Å². The number of carbonyl (C=O) groups is 3. The Bertz CT molecular complexity index is 936. The summed E-state index contributed by atoms with van der Waals surface area (Å²) in [6.45, 7) is 5.68. The summed E-state index contributed by atoms with van der Waals surface area (Å²) >= 11 is 0. The monoisotopic (exact) mass is 422 g/mol. The summed E-state index contributed by atoms with van der Waals surface area (Å²) in [6.07, 6.45) is 2.05. The Hall–Kier alpha value is -3.15. The van der Waals surface area contributed by atoms with E-state index in [1.165, 1.54) is 5.56 Å². The number of hydrogen-bond acceptors (Lipinski definition) is 4. The van der Waals surface area contributed by atoms with Gasteiger partial charge in [0, 0.05) is 17.5 Å². The minimum atomic E-state index is -0.833. The van der Waals surface area contributed by atoms with Gasteiger partial charge in [0.05, 0.1) is 0 Å². The first-order valence-corrected chi connectivity index (χ1v) is 10.7. The Morgan fingerprint density at radius 2 is 1.74 bits per heavy atom. The molecule has 0 bridgehead atoms. The highest BCUT2D eigenvalue weighted by atomic mass is 16.5. The number of ether oxygens (including phenoxy) is 1. The van der Waals surface area contributed by atoms with E-state index < -0.39 is 12.0 Å². The fourth-order valence-electron chi connectivity index (χ4n) is 3.56. The number of amides is 2. The molecule has 1 fully saturated rings. The average Bonchev–Trinajstić information content (AvgIpc) is 3.56. The van der Waals surface area contributed by atoms with Gasteiger partial charge in [-0.1, -0.05) is 61.9 Å². The highest BCUT2D eigenvalue weighted by Crippen LogP contribution is 2.47. The third kappa shape index (κ3) is 5.94. The van der Waals surface area contributed by atoms with E-state index in [-0.39, 0.29) is 29.8 Å². The summed E-state index contributed by atoms with van der Waals surface area (Å²) in [7, 11) is 0. The van der Waals surface area contributed by atoms with Gasteiger partial charge in [0.1, 0.15) is 6.04 Å². The van der Waals surface area contributed by atoms with Crippen LogP contribution in [0, 0.1) is 12.8 Å². The highest BCUT2D eigenvalue weighted by Gasteiger charge is 2.44. The molecule has 0 spiro atoms. The maximum absolute atomic E-state index is 12.5. The van der Waals surface area contributed by atoms with Crippen LogP contribution in [0.15, 0.2) is 54.6 Å². The lowest BCUT2D eigenvalue weighted by atomic mass is 9.96. The number of nitrogens with one attached hydrogen (secondary N) is 2. The van der Waals surface area contributed by atoms with Crippen molar-refractivity contribution >= 4 is 17.8 Å². The standard InChI is InChI=1S/C25H30N2O4/c1-17(2)22(27-23(29)19-9-7-8-18(3)14-19)24(30)31-15-21(28)26-16-25(12-13-25)20-10-5-4-6-11-20/h4-11,14,17,22H,12-13,15-16H2,1-3H3,(H,26,28)(H,27,29)/t22-/m0/s1. The van der Waals surface area contributed by atoms with Crippen LogP contribution >= 0.6 is 0 Å². The van der Waals surface area contributed by atoms with Gasteiger partial charge in [-0.05, 0) is 43.4 Å². The van der Waals surface area contributed by atoms with Crippen molar-refractivity contribution in [2.75, 3.05) is 13.2 Å². The van der Waals surface area contributed by atoms with Crippen molar-refractivity contribution < 1.29 is 19.1 Å². The van der Waals surface area contributed by atoms with Crippen molar-refractivity contribution in [1.29, 1.82) is 0 Å². The molecule has 0 aromatic heterocycles. The third-order valence-corrected chi connectivity index (χ3v) is 5.70. The molecule has 0 radical (unpaired) electrons. The van der Waals surface area contributed by atoms with Gasteiger partial charge in [0.25, 0.3) is 11.8 Å². The fraction of sp³-hybridized carbons (Fsp3) is 0.400. The van der Waals surface area contributed by atoms with E-state index in [0.717, 1.165) is 18.4 Å². The van der Waals surface area contributed by atoms with Gasteiger partial charge < -0.3 is 15.4 Å². The number of carbonyl (C=O) groups excluding carboxylic acids is 3. The first-order valence-electron chi connectivity index (χ1n) is 10.7. The number of aryl methyl sites for hydroxylation is 1. The van der Waals surface area contributed by atoms with Crippen LogP contribution in [-0.2, 0) is 19.7 Å². The molecular formula is C25H30N2O4. The molecule has 0 unspecified atom stereocenters. The first-order chi connectivity index (χ1) is 14.8. The number of esters is 1. The maximum Gasteiger partial charge on any atom is 0.329 e. The largest absolute Gasteiger partial charge is 0.454 e. The van der Waals surface area contributed by atoms with Crippen LogP contribution in [0.4, 0.5) is 0 Å². The van der Waals surface area contributed by atoms with E-state index in [0.29, 0.717) is 12.1 Å². The molecule has 1 aliphatic carbocycles. The molecule has 1 atom stereocenters. The number of benzene rings is 2. The second kappa shape index (κ2) is 9.77. The minimum absolute atomic E-state index is 0.0107. The van der Waals surface area contributed by atoms with Gasteiger partial charge in [-0.2, -0.15) is 0 Å². The number of rotatable bonds is 9. The summed E-state index contributed by atoms with van der Waals surface area (Å²) in [5.74, 6) is -1.49. The Morgan fingerprint density at radius 1 is 1.03 bits per heavy atom. The van der Waals surface area contributed by atoms with Crippen molar-refractivity contribution in [3.05, 3.63) is 71.3 Å². The van der Waals surface area contributed by atoms with Crippen molar-refractivity contribution in [2.24, 2.45) is 5.92 Å². The maximum atomic E-state index is 12.5. The predicted molar refractivity (Wildman–Crippen MR) is 119 cm³/mol. The molecule has 0 saturated heterocycles. The lowest BCUT2D eigenvalue weighted by molar-refractivity contribution is -0.151. The van der Waals surface area contributed by atoms with Crippen LogP contribution in [0.3, 0.4) is 0 Å². The summed E-state index contributed by atoms with van der Waals surface area (Å²) in [4.78, 5) is 37.3.